The van der Waals surface area contributed by atoms with Crippen molar-refractivity contribution in [2.24, 2.45) is 14.1 Å². The zero-order valence-electron chi connectivity index (χ0n) is 14.5. The van der Waals surface area contributed by atoms with Crippen LogP contribution in [0.2, 0.25) is 0 Å². The van der Waals surface area contributed by atoms with Gasteiger partial charge >= 0.3 is 5.69 Å². The molecule has 1 unspecified atom stereocenters. The topological polar surface area (TPSA) is 80.3 Å². The van der Waals surface area contributed by atoms with Crippen LogP contribution in [0, 0.1) is 18.3 Å². The minimum atomic E-state index is -0.570. The summed E-state index contributed by atoms with van der Waals surface area (Å²) in [6.45, 7) is 3.46. The summed E-state index contributed by atoms with van der Waals surface area (Å²) in [5.74, 6) is 0.359. The molecule has 25 heavy (non-hydrogen) atoms. The lowest BCUT2D eigenvalue weighted by Crippen LogP contribution is -2.46. The summed E-state index contributed by atoms with van der Waals surface area (Å²) in [6.07, 6.45) is -0.180. The van der Waals surface area contributed by atoms with E-state index in [2.05, 4.69) is 0 Å². The van der Waals surface area contributed by atoms with E-state index < -0.39 is 11.2 Å². The molecule has 1 aliphatic heterocycles. The van der Waals surface area contributed by atoms with Gasteiger partial charge in [-0.05, 0) is 18.1 Å². The van der Waals surface area contributed by atoms with Gasteiger partial charge in [-0.25, -0.2) is 4.79 Å². The molecule has 7 heteroatoms. The first-order valence-corrected chi connectivity index (χ1v) is 8.08. The standard InChI is InChI=1S/C18H20N4O3/c1-12-6-4-5-7-13(12)15-11-22(8-9-25-15)16-14(10-19)17(23)21(3)18(24)20(16)2/h4-7,15H,8-9,11H2,1-3H3. The normalized spacial score (nSPS) is 17.4. The summed E-state index contributed by atoms with van der Waals surface area (Å²) in [6, 6.07) is 9.92. The third-order valence-electron chi connectivity index (χ3n) is 4.65. The fourth-order valence-corrected chi connectivity index (χ4v) is 3.28. The van der Waals surface area contributed by atoms with E-state index in [4.69, 9.17) is 4.74 Å². The molecule has 1 aromatic carbocycles. The van der Waals surface area contributed by atoms with Gasteiger partial charge < -0.3 is 9.64 Å². The Hall–Kier alpha value is -2.85. The average molecular weight is 340 g/mol. The lowest BCUT2D eigenvalue weighted by molar-refractivity contribution is 0.0388. The monoisotopic (exact) mass is 340 g/mol. The maximum atomic E-state index is 12.3. The number of ether oxygens (including phenoxy) is 1. The number of nitrogens with zero attached hydrogens (tertiary/aromatic N) is 4. The molecule has 0 bridgehead atoms. The summed E-state index contributed by atoms with van der Waals surface area (Å²) in [5, 5.41) is 9.46. The smallest absolute Gasteiger partial charge is 0.332 e. The van der Waals surface area contributed by atoms with E-state index in [0.717, 1.165) is 15.7 Å². The van der Waals surface area contributed by atoms with Crippen molar-refractivity contribution >= 4 is 5.82 Å². The Balaban J connectivity index is 2.06. The third-order valence-corrected chi connectivity index (χ3v) is 4.65. The molecular weight excluding hydrogens is 320 g/mol. The maximum Gasteiger partial charge on any atom is 0.332 e. The zero-order valence-corrected chi connectivity index (χ0v) is 14.5. The Morgan fingerprint density at radius 1 is 1.20 bits per heavy atom. The minimum absolute atomic E-state index is 0.0185. The molecule has 0 N–H and O–H groups in total. The van der Waals surface area contributed by atoms with Gasteiger partial charge in [0, 0.05) is 27.2 Å². The van der Waals surface area contributed by atoms with E-state index in [0.29, 0.717) is 25.5 Å². The summed E-state index contributed by atoms with van der Waals surface area (Å²) >= 11 is 0. The van der Waals surface area contributed by atoms with E-state index >= 15 is 0 Å². The van der Waals surface area contributed by atoms with Crippen molar-refractivity contribution in [1.29, 1.82) is 5.26 Å². The molecule has 7 nitrogen and oxygen atoms in total. The van der Waals surface area contributed by atoms with Crippen LogP contribution in [0.5, 0.6) is 0 Å². The van der Waals surface area contributed by atoms with Gasteiger partial charge in [0.05, 0.1) is 6.61 Å². The molecule has 0 aliphatic carbocycles. The number of benzene rings is 1. The summed E-state index contributed by atoms with van der Waals surface area (Å²) < 4.78 is 8.22. The van der Waals surface area contributed by atoms with Crippen molar-refractivity contribution in [1.82, 2.24) is 9.13 Å². The van der Waals surface area contributed by atoms with Crippen molar-refractivity contribution in [3.05, 3.63) is 61.8 Å². The molecule has 130 valence electrons. The lowest BCUT2D eigenvalue weighted by atomic mass is 10.0. The molecule has 2 aromatic rings. The quantitative estimate of drug-likeness (QED) is 0.809. The highest BCUT2D eigenvalue weighted by molar-refractivity contribution is 5.54. The Labute approximate surface area is 145 Å². The fraction of sp³-hybridized carbons (Fsp3) is 0.389. The number of hydrogen-bond donors (Lipinski definition) is 0. The van der Waals surface area contributed by atoms with E-state index in [-0.39, 0.29) is 11.7 Å². The van der Waals surface area contributed by atoms with Crippen LogP contribution in [0.4, 0.5) is 5.82 Å². The zero-order chi connectivity index (χ0) is 18.1. The maximum absolute atomic E-state index is 12.3. The van der Waals surface area contributed by atoms with Gasteiger partial charge in [0.2, 0.25) is 0 Å². The van der Waals surface area contributed by atoms with Crippen LogP contribution < -0.4 is 16.1 Å². The highest BCUT2D eigenvalue weighted by atomic mass is 16.5. The van der Waals surface area contributed by atoms with Crippen LogP contribution in [0.3, 0.4) is 0 Å². The molecule has 1 atom stereocenters. The van der Waals surface area contributed by atoms with E-state index in [9.17, 15) is 14.9 Å². The number of nitriles is 1. The van der Waals surface area contributed by atoms with Gasteiger partial charge in [-0.1, -0.05) is 24.3 Å². The Morgan fingerprint density at radius 2 is 1.92 bits per heavy atom. The second-order valence-electron chi connectivity index (χ2n) is 6.18. The average Bonchev–Trinajstić information content (AvgIpc) is 2.63. The first kappa shape index (κ1) is 17.0. The molecule has 0 radical (unpaired) electrons. The predicted octanol–water partition coefficient (Wildman–Crippen LogP) is 0.842. The number of anilines is 1. The van der Waals surface area contributed by atoms with Crippen molar-refractivity contribution in [2.75, 3.05) is 24.6 Å². The van der Waals surface area contributed by atoms with Crippen molar-refractivity contribution < 1.29 is 4.74 Å². The summed E-state index contributed by atoms with van der Waals surface area (Å²) in [5.41, 5.74) is 1.15. The van der Waals surface area contributed by atoms with Gasteiger partial charge in [0.15, 0.2) is 5.56 Å². The Kier molecular flexibility index (Phi) is 4.47. The van der Waals surface area contributed by atoms with Crippen molar-refractivity contribution in [3.63, 3.8) is 0 Å². The van der Waals surface area contributed by atoms with Crippen LogP contribution in [0.25, 0.3) is 0 Å². The molecule has 1 aliphatic rings. The van der Waals surface area contributed by atoms with Crippen molar-refractivity contribution in [3.8, 4) is 6.07 Å². The summed E-state index contributed by atoms with van der Waals surface area (Å²) in [4.78, 5) is 26.5. The molecule has 1 fully saturated rings. The molecule has 0 amide bonds. The largest absolute Gasteiger partial charge is 0.370 e. The SMILES string of the molecule is Cc1ccccc1C1CN(c2c(C#N)c(=O)n(C)c(=O)n2C)CCO1. The fourth-order valence-electron chi connectivity index (χ4n) is 3.28. The van der Waals surface area contributed by atoms with Crippen molar-refractivity contribution in [2.45, 2.75) is 13.0 Å². The van der Waals surface area contributed by atoms with Crippen LogP contribution in [0.1, 0.15) is 22.8 Å². The highest BCUT2D eigenvalue weighted by Gasteiger charge is 2.28. The number of rotatable bonds is 2. The molecule has 0 saturated carbocycles. The van der Waals surface area contributed by atoms with E-state index in [1.807, 2.05) is 42.2 Å². The van der Waals surface area contributed by atoms with Gasteiger partial charge in [-0.2, -0.15) is 5.26 Å². The van der Waals surface area contributed by atoms with Gasteiger partial charge in [-0.3, -0.25) is 13.9 Å². The predicted molar refractivity (Wildman–Crippen MR) is 93.7 cm³/mol. The molecule has 0 spiro atoms. The Morgan fingerprint density at radius 3 is 2.60 bits per heavy atom. The molecule has 1 aromatic heterocycles. The molecule has 3 rings (SSSR count). The first-order chi connectivity index (χ1) is 12.0. The van der Waals surface area contributed by atoms with Gasteiger partial charge in [0.1, 0.15) is 18.0 Å². The number of aromatic nitrogens is 2. The van der Waals surface area contributed by atoms with Crippen LogP contribution in [-0.4, -0.2) is 28.8 Å². The number of hydrogen-bond acceptors (Lipinski definition) is 5. The minimum Gasteiger partial charge on any atom is -0.370 e. The second kappa shape index (κ2) is 6.57. The summed E-state index contributed by atoms with van der Waals surface area (Å²) in [7, 11) is 2.96. The first-order valence-electron chi connectivity index (χ1n) is 8.08. The van der Waals surface area contributed by atoms with Crippen LogP contribution in [0.15, 0.2) is 33.9 Å². The number of aryl methyl sites for hydroxylation is 1. The van der Waals surface area contributed by atoms with Gasteiger partial charge in [0.25, 0.3) is 5.56 Å². The van der Waals surface area contributed by atoms with E-state index in [1.165, 1.54) is 11.6 Å². The van der Waals surface area contributed by atoms with Gasteiger partial charge in [-0.15, -0.1) is 0 Å². The molecule has 2 heterocycles. The highest BCUT2D eigenvalue weighted by Crippen LogP contribution is 2.28. The van der Waals surface area contributed by atoms with Crippen LogP contribution >= 0.6 is 0 Å². The molecule has 1 saturated heterocycles. The third kappa shape index (κ3) is 2.85. The molecular formula is C18H20N4O3. The lowest BCUT2D eigenvalue weighted by Gasteiger charge is -2.36. The number of morpholine rings is 1. The van der Waals surface area contributed by atoms with E-state index in [1.54, 1.807) is 7.05 Å². The Bertz CT molecular complexity index is 968. The van der Waals surface area contributed by atoms with Crippen LogP contribution in [-0.2, 0) is 18.8 Å². The second-order valence-corrected chi connectivity index (χ2v) is 6.18.